The molecule has 2 rings (SSSR count). The maximum absolute atomic E-state index is 13.9. The van der Waals surface area contributed by atoms with Gasteiger partial charge in [0.1, 0.15) is 16.8 Å². The van der Waals surface area contributed by atoms with Gasteiger partial charge in [0, 0.05) is 4.47 Å². The fraction of sp³-hybridized carbons (Fsp3) is 0.333. The Labute approximate surface area is 129 Å². The van der Waals surface area contributed by atoms with E-state index in [1.165, 1.54) is 6.07 Å². The zero-order valence-corrected chi connectivity index (χ0v) is 13.4. The summed E-state index contributed by atoms with van der Waals surface area (Å²) in [4.78, 5) is 22.6. The zero-order chi connectivity index (χ0) is 15.8. The number of amides is 2. The molecule has 0 bridgehead atoms. The van der Waals surface area contributed by atoms with E-state index in [2.05, 4.69) is 21.2 Å². The van der Waals surface area contributed by atoms with E-state index in [1.54, 1.807) is 6.92 Å². The first kappa shape index (κ1) is 16.1. The molecule has 0 aromatic heterocycles. The minimum absolute atomic E-state index is 0.177. The highest BCUT2D eigenvalue weighted by atomic mass is 79.9. The van der Waals surface area contributed by atoms with Crippen molar-refractivity contribution >= 4 is 37.8 Å². The van der Waals surface area contributed by atoms with Crippen LogP contribution in [0.2, 0.25) is 0 Å². The number of nitrogens with zero attached hydrogens (tertiary/aromatic N) is 1. The van der Waals surface area contributed by atoms with Crippen molar-refractivity contribution < 1.29 is 22.4 Å². The molecular weight excluding hydrogens is 367 g/mol. The Kier molecular flexibility index (Phi) is 4.45. The quantitative estimate of drug-likeness (QED) is 0.795. The van der Waals surface area contributed by atoms with Crippen LogP contribution in [-0.2, 0) is 19.6 Å². The van der Waals surface area contributed by atoms with Crippen LogP contribution < -0.4 is 5.32 Å². The monoisotopic (exact) mass is 378 g/mol. The van der Waals surface area contributed by atoms with Crippen LogP contribution in [0.3, 0.4) is 0 Å². The van der Waals surface area contributed by atoms with Gasteiger partial charge in [0.25, 0.3) is 0 Å². The first-order valence-electron chi connectivity index (χ1n) is 6.08. The molecule has 0 aliphatic carbocycles. The Morgan fingerprint density at radius 3 is 2.67 bits per heavy atom. The molecule has 0 radical (unpaired) electrons. The summed E-state index contributed by atoms with van der Waals surface area (Å²) in [5, 5.41) is 2.07. The lowest BCUT2D eigenvalue weighted by Gasteiger charge is -2.32. The number of benzene rings is 1. The third-order valence-electron chi connectivity index (χ3n) is 3.08. The zero-order valence-electron chi connectivity index (χ0n) is 11.0. The fourth-order valence-electron chi connectivity index (χ4n) is 2.10. The predicted molar refractivity (Wildman–Crippen MR) is 75.2 cm³/mol. The van der Waals surface area contributed by atoms with Crippen LogP contribution in [0.15, 0.2) is 27.6 Å². The van der Waals surface area contributed by atoms with Crippen LogP contribution in [-0.4, -0.2) is 37.1 Å². The van der Waals surface area contributed by atoms with Gasteiger partial charge in [0.15, 0.2) is 0 Å². The molecular formula is C12H12BrFN2O4S. The lowest BCUT2D eigenvalue weighted by molar-refractivity contribution is -0.137. The highest BCUT2D eigenvalue weighted by Gasteiger charge is 2.41. The molecule has 1 heterocycles. The van der Waals surface area contributed by atoms with E-state index in [0.717, 1.165) is 16.4 Å². The Morgan fingerprint density at radius 1 is 1.43 bits per heavy atom. The van der Waals surface area contributed by atoms with Gasteiger partial charge < -0.3 is 0 Å². The average Bonchev–Trinajstić information content (AvgIpc) is 2.37. The molecule has 1 atom stereocenters. The first-order chi connectivity index (χ1) is 9.77. The average molecular weight is 379 g/mol. The van der Waals surface area contributed by atoms with E-state index < -0.39 is 45.1 Å². The number of carbonyl (C=O) groups is 2. The van der Waals surface area contributed by atoms with Crippen molar-refractivity contribution in [2.24, 2.45) is 0 Å². The van der Waals surface area contributed by atoms with Crippen molar-refractivity contribution in [3.63, 3.8) is 0 Å². The van der Waals surface area contributed by atoms with Gasteiger partial charge in [-0.2, -0.15) is 4.31 Å². The second-order valence-corrected chi connectivity index (χ2v) is 7.24. The normalized spacial score (nSPS) is 20.4. The maximum atomic E-state index is 13.9. The van der Waals surface area contributed by atoms with Gasteiger partial charge in [-0.05, 0) is 24.6 Å². The molecule has 1 aromatic carbocycles. The number of imide groups is 1. The van der Waals surface area contributed by atoms with Crippen LogP contribution >= 0.6 is 15.9 Å². The molecule has 1 aliphatic rings. The van der Waals surface area contributed by atoms with Crippen molar-refractivity contribution in [3.05, 3.63) is 28.5 Å². The smallest absolute Gasteiger partial charge is 0.247 e. The molecule has 1 fully saturated rings. The third kappa shape index (κ3) is 2.99. The number of carbonyl (C=O) groups excluding carboxylic acids is 2. The standard InChI is InChI=1S/C12H12BrFN2O4S/c1-2-9-12(18)15-11(17)6-16(9)21(19,20)10-4-3-7(13)5-8(10)14/h3-5,9H,2,6H2,1H3,(H,15,17,18). The van der Waals surface area contributed by atoms with E-state index in [4.69, 9.17) is 0 Å². The summed E-state index contributed by atoms with van der Waals surface area (Å²) in [5.41, 5.74) is 0. The summed E-state index contributed by atoms with van der Waals surface area (Å²) in [6.45, 7) is 1.10. The number of hydrogen-bond donors (Lipinski definition) is 1. The molecule has 1 saturated heterocycles. The van der Waals surface area contributed by atoms with E-state index in [1.807, 2.05) is 0 Å². The molecule has 6 nitrogen and oxygen atoms in total. The summed E-state index contributed by atoms with van der Waals surface area (Å²) < 4.78 is 40.1. The van der Waals surface area contributed by atoms with Crippen molar-refractivity contribution in [2.45, 2.75) is 24.3 Å². The second kappa shape index (κ2) is 5.82. The van der Waals surface area contributed by atoms with E-state index in [-0.39, 0.29) is 6.42 Å². The topological polar surface area (TPSA) is 83.6 Å². The molecule has 21 heavy (non-hydrogen) atoms. The van der Waals surface area contributed by atoms with Crippen molar-refractivity contribution in [1.29, 1.82) is 0 Å². The molecule has 9 heteroatoms. The number of halogens is 2. The predicted octanol–water partition coefficient (Wildman–Crippen LogP) is 1.01. The van der Waals surface area contributed by atoms with Gasteiger partial charge >= 0.3 is 0 Å². The third-order valence-corrected chi connectivity index (χ3v) is 5.46. The summed E-state index contributed by atoms with van der Waals surface area (Å²) in [6.07, 6.45) is 0.177. The van der Waals surface area contributed by atoms with E-state index in [0.29, 0.717) is 4.47 Å². The Balaban J connectivity index is 2.50. The highest BCUT2D eigenvalue weighted by Crippen LogP contribution is 2.25. The van der Waals surface area contributed by atoms with E-state index >= 15 is 0 Å². The second-order valence-electron chi connectivity index (χ2n) is 4.46. The molecule has 2 amide bonds. The lowest BCUT2D eigenvalue weighted by Crippen LogP contribution is -2.59. The van der Waals surface area contributed by atoms with Crippen LogP contribution in [0.1, 0.15) is 13.3 Å². The number of rotatable bonds is 3. The van der Waals surface area contributed by atoms with Gasteiger partial charge in [0.05, 0.1) is 6.54 Å². The van der Waals surface area contributed by atoms with Gasteiger partial charge in [-0.1, -0.05) is 22.9 Å². The molecule has 1 N–H and O–H groups in total. The van der Waals surface area contributed by atoms with Gasteiger partial charge in [-0.25, -0.2) is 12.8 Å². The number of hydrogen-bond acceptors (Lipinski definition) is 4. The Bertz CT molecular complexity index is 707. The summed E-state index contributed by atoms with van der Waals surface area (Å²) >= 11 is 3.04. The molecule has 0 saturated carbocycles. The summed E-state index contributed by atoms with van der Waals surface area (Å²) in [5.74, 6) is -2.38. The SMILES string of the molecule is CCC1C(=O)NC(=O)CN1S(=O)(=O)c1ccc(Br)cc1F. The lowest BCUT2D eigenvalue weighted by atomic mass is 10.2. The highest BCUT2D eigenvalue weighted by molar-refractivity contribution is 9.10. The van der Waals surface area contributed by atoms with Crippen molar-refractivity contribution in [3.8, 4) is 0 Å². The molecule has 1 aliphatic heterocycles. The molecule has 1 unspecified atom stereocenters. The van der Waals surface area contributed by atoms with E-state index in [9.17, 15) is 22.4 Å². The number of nitrogens with one attached hydrogen (secondary N) is 1. The Hall–Kier alpha value is -1.32. The van der Waals surface area contributed by atoms with Crippen LogP contribution in [0, 0.1) is 5.82 Å². The van der Waals surface area contributed by atoms with Gasteiger partial charge in [0.2, 0.25) is 21.8 Å². The minimum atomic E-state index is -4.28. The van der Waals surface area contributed by atoms with Crippen LogP contribution in [0.4, 0.5) is 4.39 Å². The molecule has 1 aromatic rings. The first-order valence-corrected chi connectivity index (χ1v) is 8.31. The summed E-state index contributed by atoms with van der Waals surface area (Å²) in [7, 11) is -4.28. The molecule has 0 spiro atoms. The minimum Gasteiger partial charge on any atom is -0.294 e. The fourth-order valence-corrected chi connectivity index (χ4v) is 4.09. The van der Waals surface area contributed by atoms with Crippen LogP contribution in [0.5, 0.6) is 0 Å². The number of sulfonamides is 1. The molecule has 114 valence electrons. The van der Waals surface area contributed by atoms with Crippen molar-refractivity contribution in [1.82, 2.24) is 9.62 Å². The number of piperazine rings is 1. The van der Waals surface area contributed by atoms with Gasteiger partial charge in [-0.3, -0.25) is 14.9 Å². The van der Waals surface area contributed by atoms with Crippen LogP contribution in [0.25, 0.3) is 0 Å². The van der Waals surface area contributed by atoms with Crippen molar-refractivity contribution in [2.75, 3.05) is 6.54 Å². The largest absolute Gasteiger partial charge is 0.294 e. The maximum Gasteiger partial charge on any atom is 0.247 e. The Morgan fingerprint density at radius 2 is 2.10 bits per heavy atom. The van der Waals surface area contributed by atoms with Gasteiger partial charge in [-0.15, -0.1) is 0 Å². The summed E-state index contributed by atoms with van der Waals surface area (Å²) in [6, 6.07) is 2.46.